The van der Waals surface area contributed by atoms with Crippen LogP contribution in [0.15, 0.2) is 21.9 Å². The first-order chi connectivity index (χ1) is 7.50. The van der Waals surface area contributed by atoms with Crippen LogP contribution >= 0.6 is 11.6 Å². The first kappa shape index (κ1) is 11.4. The lowest BCUT2D eigenvalue weighted by molar-refractivity contribution is -0.00983. The lowest BCUT2D eigenvalue weighted by atomic mass is 10.2. The van der Waals surface area contributed by atoms with Crippen molar-refractivity contribution in [2.75, 3.05) is 0 Å². The number of ether oxygens (including phenoxy) is 1. The van der Waals surface area contributed by atoms with Gasteiger partial charge in [0, 0.05) is 12.3 Å². The third-order valence-corrected chi connectivity index (χ3v) is 3.03. The fraction of sp³-hybridized carbons (Fsp3) is 0.556. The lowest BCUT2D eigenvalue weighted by Crippen LogP contribution is -2.35. The van der Waals surface area contributed by atoms with Crippen molar-refractivity contribution in [3.63, 3.8) is 0 Å². The van der Waals surface area contributed by atoms with Crippen LogP contribution in [0.3, 0.4) is 0 Å². The summed E-state index contributed by atoms with van der Waals surface area (Å²) in [5.74, 6) is 0. The molecule has 1 aromatic rings. The topological polar surface area (TPSA) is 84.3 Å². The molecular formula is C9H11ClN2O4. The van der Waals surface area contributed by atoms with E-state index in [4.69, 9.17) is 16.3 Å². The molecule has 0 bridgehead atoms. The predicted molar refractivity (Wildman–Crippen MR) is 56.6 cm³/mol. The number of alkyl halides is 1. The van der Waals surface area contributed by atoms with E-state index in [-0.39, 0.29) is 0 Å². The summed E-state index contributed by atoms with van der Waals surface area (Å²) in [7, 11) is 0. The van der Waals surface area contributed by atoms with Gasteiger partial charge >= 0.3 is 5.69 Å². The Labute approximate surface area is 95.4 Å². The van der Waals surface area contributed by atoms with Crippen LogP contribution in [0, 0.1) is 0 Å². The number of nitrogens with zero attached hydrogens (tertiary/aromatic N) is 1. The molecule has 2 heterocycles. The van der Waals surface area contributed by atoms with E-state index in [1.807, 2.05) is 0 Å². The Hall–Kier alpha value is -1.11. The second-order valence-electron chi connectivity index (χ2n) is 3.68. The quantitative estimate of drug-likeness (QED) is 0.650. The minimum Gasteiger partial charge on any atom is -0.389 e. The van der Waals surface area contributed by atoms with Gasteiger partial charge in [0.2, 0.25) is 0 Å². The highest BCUT2D eigenvalue weighted by molar-refractivity contribution is 6.21. The third-order valence-electron chi connectivity index (χ3n) is 2.56. The van der Waals surface area contributed by atoms with Gasteiger partial charge in [0.05, 0.1) is 6.10 Å². The van der Waals surface area contributed by atoms with E-state index in [2.05, 4.69) is 4.98 Å². The van der Waals surface area contributed by atoms with Crippen molar-refractivity contribution in [2.24, 2.45) is 0 Å². The molecule has 4 atom stereocenters. The van der Waals surface area contributed by atoms with E-state index in [1.54, 1.807) is 6.92 Å². The van der Waals surface area contributed by atoms with E-state index < -0.39 is 35.1 Å². The number of aliphatic hydroxyl groups is 1. The number of halogens is 1. The fourth-order valence-electron chi connectivity index (χ4n) is 1.65. The van der Waals surface area contributed by atoms with E-state index in [0.717, 1.165) is 4.57 Å². The highest BCUT2D eigenvalue weighted by atomic mass is 35.5. The van der Waals surface area contributed by atoms with E-state index in [1.165, 1.54) is 12.3 Å². The fourth-order valence-corrected chi connectivity index (χ4v) is 2.04. The van der Waals surface area contributed by atoms with Crippen LogP contribution < -0.4 is 11.2 Å². The number of rotatable bonds is 1. The van der Waals surface area contributed by atoms with Gasteiger partial charge in [0.1, 0.15) is 11.5 Å². The summed E-state index contributed by atoms with van der Waals surface area (Å²) in [6.07, 6.45) is -0.765. The molecule has 0 radical (unpaired) electrons. The van der Waals surface area contributed by atoms with Crippen molar-refractivity contribution in [1.82, 2.24) is 9.55 Å². The Morgan fingerprint density at radius 3 is 2.75 bits per heavy atom. The van der Waals surface area contributed by atoms with Crippen molar-refractivity contribution in [1.29, 1.82) is 0 Å². The van der Waals surface area contributed by atoms with Crippen molar-refractivity contribution >= 4 is 11.6 Å². The number of hydrogen-bond donors (Lipinski definition) is 2. The number of aliphatic hydroxyl groups excluding tert-OH is 1. The van der Waals surface area contributed by atoms with Crippen molar-refractivity contribution in [2.45, 2.75) is 30.7 Å². The molecule has 0 saturated carbocycles. The zero-order valence-corrected chi connectivity index (χ0v) is 9.22. The molecule has 1 aliphatic heterocycles. The van der Waals surface area contributed by atoms with Gasteiger partial charge in [-0.15, -0.1) is 11.6 Å². The van der Waals surface area contributed by atoms with Gasteiger partial charge in [-0.05, 0) is 6.92 Å². The van der Waals surface area contributed by atoms with Gasteiger partial charge < -0.3 is 9.84 Å². The standard InChI is InChI=1S/C9H11ClN2O4/c1-4-7(14)6(10)8(16-4)12-3-2-5(13)11-9(12)15/h2-4,6-8,14H,1H3,(H,11,13,15). The average Bonchev–Trinajstić information content (AvgIpc) is 2.46. The summed E-state index contributed by atoms with van der Waals surface area (Å²) in [6, 6.07) is 1.20. The van der Waals surface area contributed by atoms with Crippen molar-refractivity contribution < 1.29 is 9.84 Å². The van der Waals surface area contributed by atoms with Crippen LogP contribution in [0.1, 0.15) is 13.2 Å². The summed E-state index contributed by atoms with van der Waals surface area (Å²) in [5, 5.41) is 8.88. The zero-order chi connectivity index (χ0) is 11.9. The Balaban J connectivity index is 2.39. The van der Waals surface area contributed by atoms with E-state index in [0.29, 0.717) is 0 Å². The SMILES string of the molecule is CC1OC(n2ccc(=O)[nH]c2=O)C(Cl)C1O. The van der Waals surface area contributed by atoms with Crippen LogP contribution in [0.2, 0.25) is 0 Å². The smallest absolute Gasteiger partial charge is 0.330 e. The average molecular weight is 247 g/mol. The molecule has 1 fully saturated rings. The van der Waals surface area contributed by atoms with Gasteiger partial charge in [-0.1, -0.05) is 0 Å². The minimum absolute atomic E-state index is 0.452. The second kappa shape index (κ2) is 4.04. The summed E-state index contributed by atoms with van der Waals surface area (Å²) < 4.78 is 6.51. The molecule has 6 nitrogen and oxygen atoms in total. The number of hydrogen-bond acceptors (Lipinski definition) is 4. The second-order valence-corrected chi connectivity index (χ2v) is 4.19. The molecule has 16 heavy (non-hydrogen) atoms. The molecule has 88 valence electrons. The van der Waals surface area contributed by atoms with Gasteiger partial charge in [-0.2, -0.15) is 0 Å². The first-order valence-corrected chi connectivity index (χ1v) is 5.23. The lowest BCUT2D eigenvalue weighted by Gasteiger charge is -2.15. The Bertz CT molecular complexity index is 497. The predicted octanol–water partition coefficient (Wildman–Crippen LogP) is -0.578. The molecule has 1 saturated heterocycles. The van der Waals surface area contributed by atoms with Crippen LogP contribution in [0.5, 0.6) is 0 Å². The highest BCUT2D eigenvalue weighted by Gasteiger charge is 2.41. The Morgan fingerprint density at radius 2 is 2.25 bits per heavy atom. The van der Waals surface area contributed by atoms with Gasteiger partial charge in [-0.25, -0.2) is 4.79 Å². The minimum atomic E-state index is -0.842. The largest absolute Gasteiger partial charge is 0.389 e. The van der Waals surface area contributed by atoms with E-state index in [9.17, 15) is 14.7 Å². The van der Waals surface area contributed by atoms with Gasteiger partial charge in [0.25, 0.3) is 5.56 Å². The van der Waals surface area contributed by atoms with Crippen molar-refractivity contribution in [3.05, 3.63) is 33.1 Å². The third kappa shape index (κ3) is 1.79. The number of aromatic nitrogens is 2. The maximum atomic E-state index is 11.5. The molecule has 0 amide bonds. The van der Waals surface area contributed by atoms with Crippen LogP contribution in [-0.2, 0) is 4.74 Å². The molecule has 0 aromatic carbocycles. The molecule has 0 aliphatic carbocycles. The van der Waals surface area contributed by atoms with Crippen LogP contribution in [-0.4, -0.2) is 32.2 Å². The van der Waals surface area contributed by atoms with Gasteiger partial charge in [0.15, 0.2) is 6.23 Å². The molecule has 4 unspecified atom stereocenters. The molecule has 7 heteroatoms. The molecule has 1 aromatic heterocycles. The Morgan fingerprint density at radius 1 is 1.56 bits per heavy atom. The monoisotopic (exact) mass is 246 g/mol. The highest BCUT2D eigenvalue weighted by Crippen LogP contribution is 2.31. The summed E-state index contributed by atoms with van der Waals surface area (Å²) in [5.41, 5.74) is -1.09. The Kier molecular flexibility index (Phi) is 2.88. The summed E-state index contributed by atoms with van der Waals surface area (Å²) in [4.78, 5) is 24.4. The summed E-state index contributed by atoms with van der Waals surface area (Å²) in [6.45, 7) is 1.66. The number of nitrogens with one attached hydrogen (secondary N) is 1. The molecule has 2 N–H and O–H groups in total. The zero-order valence-electron chi connectivity index (χ0n) is 8.46. The molecule has 2 rings (SSSR count). The first-order valence-electron chi connectivity index (χ1n) is 4.80. The van der Waals surface area contributed by atoms with Crippen LogP contribution in [0.25, 0.3) is 0 Å². The van der Waals surface area contributed by atoms with E-state index >= 15 is 0 Å². The maximum Gasteiger partial charge on any atom is 0.330 e. The van der Waals surface area contributed by atoms with Crippen LogP contribution in [0.4, 0.5) is 0 Å². The maximum absolute atomic E-state index is 11.5. The van der Waals surface area contributed by atoms with Gasteiger partial charge in [-0.3, -0.25) is 14.3 Å². The van der Waals surface area contributed by atoms with Crippen molar-refractivity contribution in [3.8, 4) is 0 Å². The molecule has 1 aliphatic rings. The number of aromatic amines is 1. The molecular weight excluding hydrogens is 236 g/mol. The molecule has 0 spiro atoms. The number of H-pyrrole nitrogens is 1. The summed E-state index contributed by atoms with van der Waals surface area (Å²) >= 11 is 5.94. The normalized spacial score (nSPS) is 34.2.